The zero-order chi connectivity index (χ0) is 11.5. The molecular formula is C13H21N3. The van der Waals surface area contributed by atoms with Crippen molar-refractivity contribution >= 4 is 5.82 Å². The molecule has 0 spiro atoms. The number of anilines is 1. The van der Waals surface area contributed by atoms with Gasteiger partial charge in [0.1, 0.15) is 5.82 Å². The van der Waals surface area contributed by atoms with Crippen molar-refractivity contribution in [2.24, 2.45) is 11.7 Å². The fraction of sp³-hybridized carbons (Fsp3) is 0.615. The summed E-state index contributed by atoms with van der Waals surface area (Å²) in [5, 5.41) is 3.54. The molecule has 16 heavy (non-hydrogen) atoms. The van der Waals surface area contributed by atoms with E-state index < -0.39 is 0 Å². The number of pyridine rings is 1. The van der Waals surface area contributed by atoms with Gasteiger partial charge >= 0.3 is 0 Å². The van der Waals surface area contributed by atoms with Gasteiger partial charge in [0.15, 0.2) is 0 Å². The van der Waals surface area contributed by atoms with Crippen molar-refractivity contribution in [3.8, 4) is 0 Å². The molecule has 2 unspecified atom stereocenters. The van der Waals surface area contributed by atoms with Gasteiger partial charge in [-0.05, 0) is 43.7 Å². The highest BCUT2D eigenvalue weighted by Gasteiger charge is 2.22. The number of nitrogens with one attached hydrogen (secondary N) is 1. The Labute approximate surface area is 97.5 Å². The first-order valence-electron chi connectivity index (χ1n) is 6.11. The molecule has 3 heteroatoms. The first kappa shape index (κ1) is 11.4. The van der Waals surface area contributed by atoms with Gasteiger partial charge in [-0.2, -0.15) is 0 Å². The van der Waals surface area contributed by atoms with Crippen molar-refractivity contribution in [3.63, 3.8) is 0 Å². The third kappa shape index (κ3) is 2.35. The van der Waals surface area contributed by atoms with Gasteiger partial charge in [0, 0.05) is 24.3 Å². The van der Waals surface area contributed by atoms with Crippen LogP contribution in [0.3, 0.4) is 0 Å². The molecule has 0 amide bonds. The van der Waals surface area contributed by atoms with Crippen LogP contribution >= 0.6 is 0 Å². The second-order valence-corrected chi connectivity index (χ2v) is 4.92. The number of nitrogens with two attached hydrogens (primary N) is 1. The highest BCUT2D eigenvalue weighted by Crippen LogP contribution is 2.28. The summed E-state index contributed by atoms with van der Waals surface area (Å²) in [5.41, 5.74) is 8.16. The quantitative estimate of drug-likeness (QED) is 0.821. The fourth-order valence-electron chi connectivity index (χ4n) is 2.50. The van der Waals surface area contributed by atoms with Gasteiger partial charge < -0.3 is 11.1 Å². The minimum absolute atomic E-state index is 0.560. The molecule has 0 bridgehead atoms. The standard InChI is InChI=1S/C13H21N3/c1-9-3-4-11(7-9)16-13-12(8-14)10(2)5-6-15-13/h5-6,9,11H,3-4,7-8,14H2,1-2H3,(H,15,16). The number of hydrogen-bond acceptors (Lipinski definition) is 3. The minimum atomic E-state index is 0.560. The average Bonchev–Trinajstić information content (AvgIpc) is 2.64. The molecule has 3 nitrogen and oxygen atoms in total. The molecule has 1 heterocycles. The maximum absolute atomic E-state index is 5.77. The smallest absolute Gasteiger partial charge is 0.130 e. The van der Waals surface area contributed by atoms with Gasteiger partial charge in [-0.15, -0.1) is 0 Å². The molecule has 2 rings (SSSR count). The van der Waals surface area contributed by atoms with Crippen LogP contribution in [-0.2, 0) is 6.54 Å². The summed E-state index contributed by atoms with van der Waals surface area (Å²) in [6.07, 6.45) is 5.68. The zero-order valence-electron chi connectivity index (χ0n) is 10.2. The number of rotatable bonds is 3. The number of aromatic nitrogens is 1. The Hall–Kier alpha value is -1.09. The predicted molar refractivity (Wildman–Crippen MR) is 67.3 cm³/mol. The summed E-state index contributed by atoms with van der Waals surface area (Å²) in [7, 11) is 0. The first-order chi connectivity index (χ1) is 7.70. The van der Waals surface area contributed by atoms with E-state index in [0.29, 0.717) is 12.6 Å². The summed E-state index contributed by atoms with van der Waals surface area (Å²) in [4.78, 5) is 4.41. The van der Waals surface area contributed by atoms with Crippen LogP contribution < -0.4 is 11.1 Å². The van der Waals surface area contributed by atoms with Crippen LogP contribution in [0.15, 0.2) is 12.3 Å². The van der Waals surface area contributed by atoms with Crippen molar-refractivity contribution in [3.05, 3.63) is 23.4 Å². The highest BCUT2D eigenvalue weighted by atomic mass is 15.0. The summed E-state index contributed by atoms with van der Waals surface area (Å²) in [6, 6.07) is 2.60. The Kier molecular flexibility index (Phi) is 3.44. The van der Waals surface area contributed by atoms with Crippen LogP contribution in [0.1, 0.15) is 37.3 Å². The molecule has 1 aromatic rings. The average molecular weight is 219 g/mol. The molecule has 1 saturated carbocycles. The molecule has 0 aliphatic heterocycles. The Morgan fingerprint density at radius 2 is 2.31 bits per heavy atom. The summed E-state index contributed by atoms with van der Waals surface area (Å²) < 4.78 is 0. The summed E-state index contributed by atoms with van der Waals surface area (Å²) >= 11 is 0. The maximum atomic E-state index is 5.77. The molecular weight excluding hydrogens is 198 g/mol. The van der Waals surface area contributed by atoms with Crippen LogP contribution in [0.4, 0.5) is 5.82 Å². The van der Waals surface area contributed by atoms with E-state index in [4.69, 9.17) is 5.73 Å². The van der Waals surface area contributed by atoms with E-state index in [1.807, 2.05) is 12.3 Å². The predicted octanol–water partition coefficient (Wildman–Crippen LogP) is 2.45. The van der Waals surface area contributed by atoms with E-state index in [-0.39, 0.29) is 0 Å². The maximum Gasteiger partial charge on any atom is 0.130 e. The minimum Gasteiger partial charge on any atom is -0.367 e. The molecule has 3 N–H and O–H groups in total. The first-order valence-corrected chi connectivity index (χ1v) is 6.11. The van der Waals surface area contributed by atoms with E-state index in [0.717, 1.165) is 17.3 Å². The Balaban J connectivity index is 2.12. The van der Waals surface area contributed by atoms with Crippen molar-refractivity contribution in [2.75, 3.05) is 5.32 Å². The molecule has 0 radical (unpaired) electrons. The molecule has 88 valence electrons. The van der Waals surface area contributed by atoms with Crippen LogP contribution in [-0.4, -0.2) is 11.0 Å². The molecule has 1 aliphatic carbocycles. The van der Waals surface area contributed by atoms with Gasteiger partial charge in [-0.25, -0.2) is 4.98 Å². The second kappa shape index (κ2) is 4.83. The topological polar surface area (TPSA) is 50.9 Å². The monoisotopic (exact) mass is 219 g/mol. The van der Waals surface area contributed by atoms with E-state index in [1.165, 1.54) is 24.8 Å². The van der Waals surface area contributed by atoms with Crippen LogP contribution in [0, 0.1) is 12.8 Å². The number of nitrogens with zero attached hydrogens (tertiary/aromatic N) is 1. The number of aryl methyl sites for hydroxylation is 1. The summed E-state index contributed by atoms with van der Waals surface area (Å²) in [6.45, 7) is 4.96. The van der Waals surface area contributed by atoms with E-state index in [1.54, 1.807) is 0 Å². The molecule has 2 atom stereocenters. The molecule has 0 saturated heterocycles. The third-order valence-electron chi connectivity index (χ3n) is 3.53. The fourth-order valence-corrected chi connectivity index (χ4v) is 2.50. The van der Waals surface area contributed by atoms with Gasteiger partial charge in [0.2, 0.25) is 0 Å². The SMILES string of the molecule is Cc1ccnc(NC2CCC(C)C2)c1CN. The van der Waals surface area contributed by atoms with Crippen molar-refractivity contribution in [2.45, 2.75) is 45.7 Å². The lowest BCUT2D eigenvalue weighted by molar-refractivity contribution is 0.602. The van der Waals surface area contributed by atoms with E-state index >= 15 is 0 Å². The molecule has 1 aromatic heterocycles. The van der Waals surface area contributed by atoms with Gasteiger partial charge in [-0.3, -0.25) is 0 Å². The van der Waals surface area contributed by atoms with Gasteiger partial charge in [0.05, 0.1) is 0 Å². The lowest BCUT2D eigenvalue weighted by atomic mass is 10.1. The number of hydrogen-bond donors (Lipinski definition) is 2. The Morgan fingerprint density at radius 3 is 2.94 bits per heavy atom. The largest absolute Gasteiger partial charge is 0.367 e. The zero-order valence-corrected chi connectivity index (χ0v) is 10.2. The highest BCUT2D eigenvalue weighted by molar-refractivity contribution is 5.48. The van der Waals surface area contributed by atoms with Gasteiger partial charge in [-0.1, -0.05) is 6.92 Å². The summed E-state index contributed by atoms with van der Waals surface area (Å²) in [5.74, 6) is 1.82. The lowest BCUT2D eigenvalue weighted by Crippen LogP contribution is -2.18. The van der Waals surface area contributed by atoms with Crippen molar-refractivity contribution in [1.29, 1.82) is 0 Å². The van der Waals surface area contributed by atoms with Crippen LogP contribution in [0.5, 0.6) is 0 Å². The normalized spacial score (nSPS) is 24.7. The van der Waals surface area contributed by atoms with E-state index in [9.17, 15) is 0 Å². The second-order valence-electron chi connectivity index (χ2n) is 4.92. The van der Waals surface area contributed by atoms with Gasteiger partial charge in [0.25, 0.3) is 0 Å². The third-order valence-corrected chi connectivity index (χ3v) is 3.53. The molecule has 0 aromatic carbocycles. The lowest BCUT2D eigenvalue weighted by Gasteiger charge is -2.17. The Morgan fingerprint density at radius 1 is 1.50 bits per heavy atom. The van der Waals surface area contributed by atoms with Crippen molar-refractivity contribution in [1.82, 2.24) is 4.98 Å². The van der Waals surface area contributed by atoms with Crippen molar-refractivity contribution < 1.29 is 0 Å². The molecule has 1 fully saturated rings. The Bertz CT molecular complexity index is 362. The van der Waals surface area contributed by atoms with Crippen LogP contribution in [0.2, 0.25) is 0 Å². The van der Waals surface area contributed by atoms with E-state index in [2.05, 4.69) is 24.1 Å². The molecule has 1 aliphatic rings. The van der Waals surface area contributed by atoms with Crippen LogP contribution in [0.25, 0.3) is 0 Å².